The highest BCUT2D eigenvalue weighted by Gasteiger charge is 2.12. The van der Waals surface area contributed by atoms with Gasteiger partial charge in [0.2, 0.25) is 0 Å². The summed E-state index contributed by atoms with van der Waals surface area (Å²) in [6.45, 7) is 0.281. The summed E-state index contributed by atoms with van der Waals surface area (Å²) in [6.07, 6.45) is 5.41. The first-order valence-corrected chi connectivity index (χ1v) is 10.7. The summed E-state index contributed by atoms with van der Waals surface area (Å²) in [5.74, 6) is 0.801. The minimum Gasteiger partial charge on any atom is -0.345 e. The molecular formula is C21H20ClN5OS. The molecule has 0 radical (unpaired) electrons. The average Bonchev–Trinajstić information content (AvgIpc) is 3.37. The lowest BCUT2D eigenvalue weighted by Crippen LogP contribution is -2.23. The molecule has 0 aliphatic rings. The second kappa shape index (κ2) is 9.15. The molecule has 3 heterocycles. The van der Waals surface area contributed by atoms with E-state index in [-0.39, 0.29) is 12.5 Å². The fourth-order valence-corrected chi connectivity index (χ4v) is 4.03. The summed E-state index contributed by atoms with van der Waals surface area (Å²) >= 11 is 7.58. The summed E-state index contributed by atoms with van der Waals surface area (Å²) in [5, 5.41) is 6.12. The van der Waals surface area contributed by atoms with Gasteiger partial charge in [-0.3, -0.25) is 9.78 Å². The van der Waals surface area contributed by atoms with Crippen LogP contribution in [0.15, 0.2) is 48.0 Å². The van der Waals surface area contributed by atoms with E-state index < -0.39 is 0 Å². The Morgan fingerprint density at radius 2 is 1.97 bits per heavy atom. The minimum atomic E-state index is -0.212. The van der Waals surface area contributed by atoms with E-state index in [1.807, 2.05) is 24.3 Å². The van der Waals surface area contributed by atoms with Crippen LogP contribution < -0.4 is 5.32 Å². The number of carbonyl (C=O) groups excluding carboxylic acids is 1. The summed E-state index contributed by atoms with van der Waals surface area (Å²) in [6, 6.07) is 11.6. The third kappa shape index (κ3) is 4.99. The number of nitrogens with one attached hydrogen (secondary N) is 2. The van der Waals surface area contributed by atoms with Crippen molar-refractivity contribution in [2.75, 3.05) is 0 Å². The summed E-state index contributed by atoms with van der Waals surface area (Å²) in [5.41, 5.74) is 3.16. The molecule has 0 bridgehead atoms. The minimum absolute atomic E-state index is 0.212. The van der Waals surface area contributed by atoms with Gasteiger partial charge in [-0.25, -0.2) is 9.97 Å². The van der Waals surface area contributed by atoms with E-state index in [9.17, 15) is 4.79 Å². The third-order valence-corrected chi connectivity index (χ3v) is 5.78. The first-order chi connectivity index (χ1) is 14.2. The van der Waals surface area contributed by atoms with Gasteiger partial charge >= 0.3 is 0 Å². The van der Waals surface area contributed by atoms with Gasteiger partial charge in [-0.1, -0.05) is 23.7 Å². The van der Waals surface area contributed by atoms with E-state index in [4.69, 9.17) is 11.6 Å². The number of aromatic amines is 1. The lowest BCUT2D eigenvalue weighted by molar-refractivity contribution is 0.0946. The fourth-order valence-electron chi connectivity index (χ4n) is 3.03. The quantitative estimate of drug-likeness (QED) is 0.405. The molecule has 6 nitrogen and oxygen atoms in total. The van der Waals surface area contributed by atoms with Crippen LogP contribution in [0.3, 0.4) is 0 Å². The Morgan fingerprint density at radius 1 is 1.10 bits per heavy atom. The molecule has 29 heavy (non-hydrogen) atoms. The molecule has 0 spiro atoms. The number of unbranched alkanes of at least 4 members (excludes halogenated alkanes) is 1. The van der Waals surface area contributed by atoms with Gasteiger partial charge in [0.05, 0.1) is 33.3 Å². The van der Waals surface area contributed by atoms with Gasteiger partial charge in [-0.2, -0.15) is 0 Å². The number of benzene rings is 1. The number of hydrogen-bond acceptors (Lipinski definition) is 5. The van der Waals surface area contributed by atoms with Gasteiger partial charge in [-0.05, 0) is 43.5 Å². The van der Waals surface area contributed by atoms with Crippen molar-refractivity contribution in [1.29, 1.82) is 0 Å². The average molecular weight is 426 g/mol. The maximum atomic E-state index is 12.3. The zero-order chi connectivity index (χ0) is 20.1. The first kappa shape index (κ1) is 19.5. The highest BCUT2D eigenvalue weighted by atomic mass is 35.5. The van der Waals surface area contributed by atoms with Crippen molar-refractivity contribution in [3.63, 3.8) is 0 Å². The number of fused-ring (bicyclic) bond motifs is 1. The Kier molecular flexibility index (Phi) is 6.17. The Bertz CT molecular complexity index is 1090. The molecule has 148 valence electrons. The van der Waals surface area contributed by atoms with Crippen LogP contribution in [-0.4, -0.2) is 25.8 Å². The number of nitrogens with zero attached hydrogens (tertiary/aromatic N) is 3. The van der Waals surface area contributed by atoms with Crippen molar-refractivity contribution in [2.24, 2.45) is 0 Å². The predicted molar refractivity (Wildman–Crippen MR) is 115 cm³/mol. The van der Waals surface area contributed by atoms with Crippen LogP contribution in [0.1, 0.15) is 39.9 Å². The fraction of sp³-hybridized carbons (Fsp3) is 0.238. The summed E-state index contributed by atoms with van der Waals surface area (Å²) in [7, 11) is 0. The number of aromatic nitrogens is 4. The highest BCUT2D eigenvalue weighted by molar-refractivity contribution is 7.09. The molecule has 0 unspecified atom stereocenters. The van der Waals surface area contributed by atoms with Crippen LogP contribution >= 0.6 is 22.9 Å². The van der Waals surface area contributed by atoms with Crippen molar-refractivity contribution in [3.05, 3.63) is 75.2 Å². The molecule has 0 fully saturated rings. The third-order valence-electron chi connectivity index (χ3n) is 4.53. The van der Waals surface area contributed by atoms with Crippen LogP contribution in [0.2, 0.25) is 5.02 Å². The largest absolute Gasteiger partial charge is 0.345 e. The van der Waals surface area contributed by atoms with Crippen molar-refractivity contribution >= 4 is 39.9 Å². The number of H-pyrrole nitrogens is 1. The molecule has 0 saturated carbocycles. The molecule has 3 aromatic heterocycles. The second-order valence-electron chi connectivity index (χ2n) is 6.65. The van der Waals surface area contributed by atoms with Gasteiger partial charge in [-0.15, -0.1) is 11.3 Å². The van der Waals surface area contributed by atoms with E-state index in [1.165, 1.54) is 11.3 Å². The van der Waals surface area contributed by atoms with Crippen LogP contribution in [0.4, 0.5) is 0 Å². The van der Waals surface area contributed by atoms with E-state index in [1.54, 1.807) is 23.7 Å². The van der Waals surface area contributed by atoms with Gasteiger partial charge in [0.1, 0.15) is 11.5 Å². The number of rotatable bonds is 8. The standard InChI is InChI=1S/C21H20ClN5OS/c22-14-6-5-11-23-17(14)12-24-21(28)18-13-29-20(27-18)10-4-3-9-19-25-15-7-1-2-8-16(15)26-19/h1-2,5-8,11,13H,3-4,9-10,12H2,(H,24,28)(H,25,26). The SMILES string of the molecule is O=C(NCc1ncccc1Cl)c1csc(CCCCc2nc3ccccc3[nH]2)n1. The van der Waals surface area contributed by atoms with E-state index in [2.05, 4.69) is 25.3 Å². The van der Waals surface area contributed by atoms with Gasteiger partial charge < -0.3 is 10.3 Å². The number of imidazole rings is 1. The zero-order valence-corrected chi connectivity index (χ0v) is 17.3. The number of halogens is 1. The monoisotopic (exact) mass is 425 g/mol. The maximum Gasteiger partial charge on any atom is 0.271 e. The normalized spacial score (nSPS) is 11.1. The summed E-state index contributed by atoms with van der Waals surface area (Å²) in [4.78, 5) is 28.9. The molecular weight excluding hydrogens is 406 g/mol. The molecule has 0 atom stereocenters. The first-order valence-electron chi connectivity index (χ1n) is 9.44. The molecule has 2 N–H and O–H groups in total. The second-order valence-corrected chi connectivity index (χ2v) is 8.00. The highest BCUT2D eigenvalue weighted by Crippen LogP contribution is 2.16. The predicted octanol–water partition coefficient (Wildman–Crippen LogP) is 4.56. The lowest BCUT2D eigenvalue weighted by Gasteiger charge is -2.04. The Morgan fingerprint density at radius 3 is 2.83 bits per heavy atom. The molecule has 0 aliphatic heterocycles. The molecule has 4 rings (SSSR count). The molecule has 1 aromatic carbocycles. The number of para-hydroxylation sites is 2. The molecule has 4 aromatic rings. The van der Waals surface area contributed by atoms with Crippen molar-refractivity contribution in [1.82, 2.24) is 25.3 Å². The number of hydrogen-bond donors (Lipinski definition) is 2. The van der Waals surface area contributed by atoms with Crippen LogP contribution in [-0.2, 0) is 19.4 Å². The maximum absolute atomic E-state index is 12.3. The van der Waals surface area contributed by atoms with Crippen LogP contribution in [0.5, 0.6) is 0 Å². The Hall–Kier alpha value is -2.77. The van der Waals surface area contributed by atoms with E-state index in [0.717, 1.165) is 47.5 Å². The Balaban J connectivity index is 1.23. The molecule has 8 heteroatoms. The molecule has 0 saturated heterocycles. The lowest BCUT2D eigenvalue weighted by atomic mass is 10.2. The van der Waals surface area contributed by atoms with E-state index in [0.29, 0.717) is 16.4 Å². The van der Waals surface area contributed by atoms with Crippen LogP contribution in [0.25, 0.3) is 11.0 Å². The van der Waals surface area contributed by atoms with Crippen molar-refractivity contribution in [2.45, 2.75) is 32.2 Å². The number of amides is 1. The van der Waals surface area contributed by atoms with Gasteiger partial charge in [0.25, 0.3) is 5.91 Å². The number of carbonyl (C=O) groups is 1. The van der Waals surface area contributed by atoms with Gasteiger partial charge in [0, 0.05) is 18.0 Å². The Labute approximate surface area is 177 Å². The topological polar surface area (TPSA) is 83.6 Å². The van der Waals surface area contributed by atoms with Crippen LogP contribution in [0, 0.1) is 0 Å². The number of thiazole rings is 1. The zero-order valence-electron chi connectivity index (χ0n) is 15.7. The number of aryl methyl sites for hydroxylation is 2. The smallest absolute Gasteiger partial charge is 0.271 e. The number of pyridine rings is 1. The van der Waals surface area contributed by atoms with Gasteiger partial charge in [0.15, 0.2) is 0 Å². The van der Waals surface area contributed by atoms with E-state index >= 15 is 0 Å². The molecule has 0 aliphatic carbocycles. The van der Waals surface area contributed by atoms with Crippen molar-refractivity contribution in [3.8, 4) is 0 Å². The molecule has 1 amide bonds. The van der Waals surface area contributed by atoms with Crippen molar-refractivity contribution < 1.29 is 4.79 Å². The summed E-state index contributed by atoms with van der Waals surface area (Å²) < 4.78 is 0.